The Labute approximate surface area is 124 Å². The van der Waals surface area contributed by atoms with Crippen LogP contribution in [0.1, 0.15) is 5.56 Å². The summed E-state index contributed by atoms with van der Waals surface area (Å²) in [6.45, 7) is 1.38. The number of benzene rings is 1. The zero-order valence-electron chi connectivity index (χ0n) is 10.7. The molecule has 0 bridgehead atoms. The van der Waals surface area contributed by atoms with Gasteiger partial charge in [-0.25, -0.2) is 22.2 Å². The van der Waals surface area contributed by atoms with Crippen molar-refractivity contribution >= 4 is 33.1 Å². The Morgan fingerprint density at radius 2 is 2.00 bits per heavy atom. The van der Waals surface area contributed by atoms with Crippen LogP contribution in [-0.4, -0.2) is 13.4 Å². The molecule has 1 heterocycles. The molecule has 0 aliphatic heterocycles. The zero-order valence-corrected chi connectivity index (χ0v) is 12.3. The molecule has 112 valence electrons. The van der Waals surface area contributed by atoms with Gasteiger partial charge in [0.1, 0.15) is 22.2 Å². The van der Waals surface area contributed by atoms with Crippen LogP contribution >= 0.6 is 11.6 Å². The molecule has 0 saturated carbocycles. The van der Waals surface area contributed by atoms with Crippen LogP contribution in [0.3, 0.4) is 0 Å². The fourth-order valence-corrected chi connectivity index (χ4v) is 2.79. The van der Waals surface area contributed by atoms with Crippen molar-refractivity contribution in [3.8, 4) is 0 Å². The molecule has 3 N–H and O–H groups in total. The highest BCUT2D eigenvalue weighted by Gasteiger charge is 2.21. The Morgan fingerprint density at radius 3 is 2.62 bits per heavy atom. The van der Waals surface area contributed by atoms with Crippen LogP contribution in [0.15, 0.2) is 29.3 Å². The number of hydrogen-bond acceptors (Lipinski definition) is 4. The molecular weight excluding hydrogens is 324 g/mol. The molecule has 1 aromatic heterocycles. The van der Waals surface area contributed by atoms with E-state index >= 15 is 0 Å². The van der Waals surface area contributed by atoms with E-state index in [-0.39, 0.29) is 21.3 Å². The Morgan fingerprint density at radius 1 is 1.33 bits per heavy atom. The van der Waals surface area contributed by atoms with E-state index in [4.69, 9.17) is 17.3 Å². The maximum Gasteiger partial charge on any atom is 0.263 e. The highest BCUT2D eigenvalue weighted by molar-refractivity contribution is 7.92. The van der Waals surface area contributed by atoms with Crippen molar-refractivity contribution in [1.82, 2.24) is 4.98 Å². The zero-order chi connectivity index (χ0) is 15.8. The standard InChI is InChI=1S/C12H10ClF2N3O2S/c1-6-2-3-9(14)11(10(6)15)18-21(19,20)7-4-8(13)12(16)17-5-7/h2-5,18H,1H3,(H2,16,17). The van der Waals surface area contributed by atoms with Gasteiger partial charge in [-0.2, -0.15) is 0 Å². The first kappa shape index (κ1) is 15.5. The van der Waals surface area contributed by atoms with Crippen molar-refractivity contribution in [2.75, 3.05) is 10.5 Å². The van der Waals surface area contributed by atoms with Crippen LogP contribution in [0.5, 0.6) is 0 Å². The van der Waals surface area contributed by atoms with Crippen molar-refractivity contribution in [2.24, 2.45) is 0 Å². The van der Waals surface area contributed by atoms with Crippen molar-refractivity contribution in [3.05, 3.63) is 46.6 Å². The molecule has 0 spiro atoms. The molecule has 0 atom stereocenters. The van der Waals surface area contributed by atoms with Crippen LogP contribution in [-0.2, 0) is 10.0 Å². The lowest BCUT2D eigenvalue weighted by Gasteiger charge is -2.11. The molecule has 5 nitrogen and oxygen atoms in total. The molecule has 0 saturated heterocycles. The number of sulfonamides is 1. The Balaban J connectivity index is 2.47. The Bertz CT molecular complexity index is 812. The van der Waals surface area contributed by atoms with E-state index in [2.05, 4.69) is 4.98 Å². The number of aryl methyl sites for hydroxylation is 1. The van der Waals surface area contributed by atoms with E-state index < -0.39 is 27.3 Å². The molecule has 0 aliphatic carbocycles. The third-order valence-corrected chi connectivity index (χ3v) is 4.29. The second kappa shape index (κ2) is 5.45. The minimum atomic E-state index is -4.25. The van der Waals surface area contributed by atoms with Gasteiger partial charge in [-0.3, -0.25) is 4.72 Å². The summed E-state index contributed by atoms with van der Waals surface area (Å²) in [5.41, 5.74) is 4.71. The average molecular weight is 334 g/mol. The van der Waals surface area contributed by atoms with Crippen LogP contribution in [0.25, 0.3) is 0 Å². The fourth-order valence-electron chi connectivity index (χ4n) is 1.52. The molecule has 0 fully saturated rings. The number of aromatic nitrogens is 1. The van der Waals surface area contributed by atoms with E-state index in [0.717, 1.165) is 18.3 Å². The number of nitrogens with one attached hydrogen (secondary N) is 1. The van der Waals surface area contributed by atoms with E-state index in [1.807, 2.05) is 4.72 Å². The highest BCUT2D eigenvalue weighted by atomic mass is 35.5. The molecule has 0 unspecified atom stereocenters. The summed E-state index contributed by atoms with van der Waals surface area (Å²) in [6, 6.07) is 3.20. The van der Waals surface area contributed by atoms with Gasteiger partial charge in [0.2, 0.25) is 0 Å². The topological polar surface area (TPSA) is 85.1 Å². The second-order valence-corrected chi connectivity index (χ2v) is 6.29. The predicted octanol–water partition coefficient (Wildman–Crippen LogP) is 2.70. The second-order valence-electron chi connectivity index (χ2n) is 4.20. The lowest BCUT2D eigenvalue weighted by Crippen LogP contribution is -2.16. The number of hydrogen-bond donors (Lipinski definition) is 2. The van der Waals surface area contributed by atoms with Gasteiger partial charge in [-0.05, 0) is 24.6 Å². The van der Waals surface area contributed by atoms with Gasteiger partial charge in [0.25, 0.3) is 10.0 Å². The van der Waals surface area contributed by atoms with Crippen molar-refractivity contribution in [1.29, 1.82) is 0 Å². The molecule has 21 heavy (non-hydrogen) atoms. The molecule has 0 aliphatic rings. The first-order valence-electron chi connectivity index (χ1n) is 5.61. The monoisotopic (exact) mass is 333 g/mol. The van der Waals surface area contributed by atoms with Crippen molar-refractivity contribution in [3.63, 3.8) is 0 Å². The highest BCUT2D eigenvalue weighted by Crippen LogP contribution is 2.26. The minimum Gasteiger partial charge on any atom is -0.382 e. The van der Waals surface area contributed by atoms with Gasteiger partial charge >= 0.3 is 0 Å². The molecule has 1 aromatic carbocycles. The van der Waals surface area contributed by atoms with Crippen molar-refractivity contribution in [2.45, 2.75) is 11.8 Å². The van der Waals surface area contributed by atoms with Gasteiger partial charge in [-0.15, -0.1) is 0 Å². The first-order valence-corrected chi connectivity index (χ1v) is 7.47. The van der Waals surface area contributed by atoms with Crippen LogP contribution in [0.4, 0.5) is 20.3 Å². The summed E-state index contributed by atoms with van der Waals surface area (Å²) >= 11 is 5.68. The van der Waals surface area contributed by atoms with E-state index in [1.54, 1.807) is 0 Å². The van der Waals surface area contributed by atoms with Gasteiger partial charge in [0.15, 0.2) is 5.82 Å². The van der Waals surface area contributed by atoms with Crippen LogP contribution in [0, 0.1) is 18.6 Å². The van der Waals surface area contributed by atoms with E-state index in [9.17, 15) is 17.2 Å². The van der Waals surface area contributed by atoms with Gasteiger partial charge in [0, 0.05) is 6.20 Å². The number of pyridine rings is 1. The molecule has 2 aromatic rings. The number of nitrogens with zero attached hydrogens (tertiary/aromatic N) is 1. The minimum absolute atomic E-state index is 0.0523. The van der Waals surface area contributed by atoms with Gasteiger partial charge < -0.3 is 5.73 Å². The number of nitrogens with two attached hydrogens (primary N) is 1. The fraction of sp³-hybridized carbons (Fsp3) is 0.0833. The third kappa shape index (κ3) is 3.06. The Kier molecular flexibility index (Phi) is 4.02. The summed E-state index contributed by atoms with van der Waals surface area (Å²) in [5.74, 6) is -2.08. The summed E-state index contributed by atoms with van der Waals surface area (Å²) in [6.07, 6.45) is 0.940. The van der Waals surface area contributed by atoms with Crippen LogP contribution < -0.4 is 10.5 Å². The lowest BCUT2D eigenvalue weighted by atomic mass is 10.2. The number of halogens is 3. The third-order valence-electron chi connectivity index (χ3n) is 2.68. The maximum atomic E-state index is 13.8. The SMILES string of the molecule is Cc1ccc(F)c(NS(=O)(=O)c2cnc(N)c(Cl)c2)c1F. The summed E-state index contributed by atoms with van der Waals surface area (Å²) in [4.78, 5) is 3.23. The largest absolute Gasteiger partial charge is 0.382 e. The molecule has 9 heteroatoms. The van der Waals surface area contributed by atoms with Crippen molar-refractivity contribution < 1.29 is 17.2 Å². The number of nitrogen functional groups attached to an aromatic ring is 1. The molecule has 0 amide bonds. The smallest absolute Gasteiger partial charge is 0.263 e. The lowest BCUT2D eigenvalue weighted by molar-refractivity contribution is 0.578. The van der Waals surface area contributed by atoms with Gasteiger partial charge in [0.05, 0.1) is 5.02 Å². The summed E-state index contributed by atoms with van der Waals surface area (Å²) < 4.78 is 53.4. The summed E-state index contributed by atoms with van der Waals surface area (Å²) in [7, 11) is -4.25. The normalized spacial score (nSPS) is 11.4. The van der Waals surface area contributed by atoms with E-state index in [0.29, 0.717) is 0 Å². The molecule has 0 radical (unpaired) electrons. The van der Waals surface area contributed by atoms with Crippen LogP contribution in [0.2, 0.25) is 5.02 Å². The quantitative estimate of drug-likeness (QED) is 0.904. The predicted molar refractivity (Wildman–Crippen MR) is 75.6 cm³/mol. The van der Waals surface area contributed by atoms with E-state index in [1.165, 1.54) is 13.0 Å². The molecule has 2 rings (SSSR count). The Hall–Kier alpha value is -1.93. The average Bonchev–Trinajstić information content (AvgIpc) is 2.42. The number of anilines is 2. The maximum absolute atomic E-state index is 13.8. The summed E-state index contributed by atoms with van der Waals surface area (Å²) in [5, 5.41) is -0.0805. The first-order chi connectivity index (χ1) is 9.72. The number of rotatable bonds is 3. The molecular formula is C12H10ClF2N3O2S. The van der Waals surface area contributed by atoms with Gasteiger partial charge in [-0.1, -0.05) is 17.7 Å².